The van der Waals surface area contributed by atoms with Gasteiger partial charge in [0.25, 0.3) is 0 Å². The topological polar surface area (TPSA) is 32.5 Å². The third-order valence-corrected chi connectivity index (χ3v) is 5.11. The van der Waals surface area contributed by atoms with E-state index in [1.807, 2.05) is 6.07 Å². The summed E-state index contributed by atoms with van der Waals surface area (Å²) >= 11 is 0. The minimum atomic E-state index is 0.911. The molecular formula is C18H29N3. The second kappa shape index (κ2) is 6.80. The van der Waals surface area contributed by atoms with Crippen molar-refractivity contribution in [1.29, 1.82) is 0 Å². The quantitative estimate of drug-likeness (QED) is 0.864. The molecule has 0 aromatic heterocycles. The molecule has 2 fully saturated rings. The number of likely N-dealkylation sites (tertiary alicyclic amines) is 2. The van der Waals surface area contributed by atoms with Crippen molar-refractivity contribution in [2.24, 2.45) is 5.92 Å². The number of piperidine rings is 1. The molecule has 116 valence electrons. The molecule has 0 radical (unpaired) electrons. The first-order valence-corrected chi connectivity index (χ1v) is 8.50. The fourth-order valence-corrected chi connectivity index (χ4v) is 3.77. The van der Waals surface area contributed by atoms with E-state index in [0.29, 0.717) is 0 Å². The van der Waals surface area contributed by atoms with Crippen molar-refractivity contribution in [1.82, 2.24) is 9.80 Å². The molecule has 1 aromatic carbocycles. The summed E-state index contributed by atoms with van der Waals surface area (Å²) in [4.78, 5) is 5.24. The van der Waals surface area contributed by atoms with Crippen LogP contribution in [0, 0.1) is 12.8 Å². The van der Waals surface area contributed by atoms with Gasteiger partial charge in [-0.15, -0.1) is 0 Å². The van der Waals surface area contributed by atoms with Crippen LogP contribution >= 0.6 is 0 Å². The Kier molecular flexibility index (Phi) is 4.81. The zero-order chi connectivity index (χ0) is 14.7. The lowest BCUT2D eigenvalue weighted by Crippen LogP contribution is -2.37. The number of benzene rings is 1. The van der Waals surface area contributed by atoms with Gasteiger partial charge in [0.2, 0.25) is 0 Å². The Morgan fingerprint density at radius 2 is 1.76 bits per heavy atom. The number of rotatable bonds is 4. The maximum absolute atomic E-state index is 6.11. The summed E-state index contributed by atoms with van der Waals surface area (Å²) in [6.45, 7) is 9.62. The molecule has 0 amide bonds. The lowest BCUT2D eigenvalue weighted by atomic mass is 9.95. The van der Waals surface area contributed by atoms with Crippen molar-refractivity contribution >= 4 is 5.69 Å². The number of nitrogens with zero attached hydrogens (tertiary/aromatic N) is 2. The van der Waals surface area contributed by atoms with E-state index < -0.39 is 0 Å². The lowest BCUT2D eigenvalue weighted by Gasteiger charge is -2.34. The first-order chi connectivity index (χ1) is 10.2. The highest BCUT2D eigenvalue weighted by Gasteiger charge is 2.23. The Morgan fingerprint density at radius 3 is 2.48 bits per heavy atom. The van der Waals surface area contributed by atoms with Gasteiger partial charge < -0.3 is 10.6 Å². The maximum Gasteiger partial charge on any atom is 0.0359 e. The van der Waals surface area contributed by atoms with E-state index in [0.717, 1.165) is 18.2 Å². The minimum absolute atomic E-state index is 0.911. The van der Waals surface area contributed by atoms with Gasteiger partial charge >= 0.3 is 0 Å². The molecule has 21 heavy (non-hydrogen) atoms. The normalized spacial score (nSPS) is 22.0. The molecule has 3 heteroatoms. The van der Waals surface area contributed by atoms with Crippen molar-refractivity contribution in [2.75, 3.05) is 38.5 Å². The van der Waals surface area contributed by atoms with Crippen molar-refractivity contribution in [3.05, 3.63) is 29.3 Å². The molecule has 0 aliphatic carbocycles. The SMILES string of the molecule is Cc1ccc(N)c(CN2CCC(CN3CCCC3)CC2)c1. The van der Waals surface area contributed by atoms with Gasteiger partial charge in [0.1, 0.15) is 0 Å². The minimum Gasteiger partial charge on any atom is -0.398 e. The van der Waals surface area contributed by atoms with Gasteiger partial charge in [0, 0.05) is 18.8 Å². The third-order valence-electron chi connectivity index (χ3n) is 5.11. The van der Waals surface area contributed by atoms with E-state index in [1.54, 1.807) is 0 Å². The van der Waals surface area contributed by atoms with Crippen LogP contribution < -0.4 is 5.73 Å². The molecule has 3 nitrogen and oxygen atoms in total. The van der Waals surface area contributed by atoms with Gasteiger partial charge in [-0.1, -0.05) is 17.7 Å². The standard InChI is InChI=1S/C18H29N3/c1-15-4-5-18(19)17(12-15)14-21-10-6-16(7-11-21)13-20-8-2-3-9-20/h4-5,12,16H,2-3,6-11,13-14,19H2,1H3. The Balaban J connectivity index is 1.48. The molecule has 0 atom stereocenters. The molecule has 2 saturated heterocycles. The molecule has 0 saturated carbocycles. The summed E-state index contributed by atoms with van der Waals surface area (Å²) in [6.07, 6.45) is 5.52. The first kappa shape index (κ1) is 14.9. The zero-order valence-electron chi connectivity index (χ0n) is 13.4. The first-order valence-electron chi connectivity index (χ1n) is 8.50. The third kappa shape index (κ3) is 3.98. The van der Waals surface area contributed by atoms with Gasteiger partial charge in [0.05, 0.1) is 0 Å². The van der Waals surface area contributed by atoms with E-state index in [9.17, 15) is 0 Å². The lowest BCUT2D eigenvalue weighted by molar-refractivity contribution is 0.149. The fourth-order valence-electron chi connectivity index (χ4n) is 3.77. The Morgan fingerprint density at radius 1 is 1.05 bits per heavy atom. The van der Waals surface area contributed by atoms with Crippen LogP contribution in [0.2, 0.25) is 0 Å². The highest BCUT2D eigenvalue weighted by atomic mass is 15.2. The van der Waals surface area contributed by atoms with Crippen LogP contribution in [0.3, 0.4) is 0 Å². The van der Waals surface area contributed by atoms with E-state index in [2.05, 4.69) is 28.9 Å². The van der Waals surface area contributed by atoms with Crippen molar-refractivity contribution < 1.29 is 0 Å². The number of nitrogens with two attached hydrogens (primary N) is 1. The summed E-state index contributed by atoms with van der Waals surface area (Å²) in [7, 11) is 0. The highest BCUT2D eigenvalue weighted by Crippen LogP contribution is 2.23. The monoisotopic (exact) mass is 287 g/mol. The van der Waals surface area contributed by atoms with E-state index in [4.69, 9.17) is 5.73 Å². The smallest absolute Gasteiger partial charge is 0.0359 e. The summed E-state index contributed by atoms with van der Waals surface area (Å²) < 4.78 is 0. The Labute approximate surface area is 129 Å². The van der Waals surface area contributed by atoms with Gasteiger partial charge in [-0.05, 0) is 76.3 Å². The number of anilines is 1. The molecule has 2 heterocycles. The molecule has 0 spiro atoms. The van der Waals surface area contributed by atoms with Crippen LogP contribution in [-0.2, 0) is 6.54 Å². The van der Waals surface area contributed by atoms with Crippen molar-refractivity contribution in [3.63, 3.8) is 0 Å². The predicted octanol–water partition coefficient (Wildman–Crippen LogP) is 2.89. The average Bonchev–Trinajstić information content (AvgIpc) is 2.98. The van der Waals surface area contributed by atoms with Gasteiger partial charge in [0.15, 0.2) is 0 Å². The van der Waals surface area contributed by atoms with Crippen LogP contribution in [0.25, 0.3) is 0 Å². The van der Waals surface area contributed by atoms with Crippen molar-refractivity contribution in [2.45, 2.75) is 39.2 Å². The summed E-state index contributed by atoms with van der Waals surface area (Å²) in [5.41, 5.74) is 9.66. The van der Waals surface area contributed by atoms with Crippen LogP contribution in [0.15, 0.2) is 18.2 Å². The highest BCUT2D eigenvalue weighted by molar-refractivity contribution is 5.48. The summed E-state index contributed by atoms with van der Waals surface area (Å²) in [5, 5.41) is 0. The number of hydrogen-bond donors (Lipinski definition) is 1. The van der Waals surface area contributed by atoms with Crippen LogP contribution in [0.5, 0.6) is 0 Å². The summed E-state index contributed by atoms with van der Waals surface area (Å²) in [6, 6.07) is 6.39. The molecule has 2 N–H and O–H groups in total. The molecule has 2 aliphatic heterocycles. The van der Waals surface area contributed by atoms with E-state index in [-0.39, 0.29) is 0 Å². The van der Waals surface area contributed by atoms with Crippen LogP contribution in [0.1, 0.15) is 36.8 Å². The van der Waals surface area contributed by atoms with E-state index in [1.165, 1.54) is 69.5 Å². The van der Waals surface area contributed by atoms with Gasteiger partial charge in [-0.25, -0.2) is 0 Å². The molecule has 1 aromatic rings. The molecule has 0 bridgehead atoms. The Hall–Kier alpha value is -1.06. The van der Waals surface area contributed by atoms with Crippen LogP contribution in [0.4, 0.5) is 5.69 Å². The molecule has 2 aliphatic rings. The van der Waals surface area contributed by atoms with E-state index >= 15 is 0 Å². The van der Waals surface area contributed by atoms with Crippen molar-refractivity contribution in [3.8, 4) is 0 Å². The molecular weight excluding hydrogens is 258 g/mol. The molecule has 3 rings (SSSR count). The number of hydrogen-bond acceptors (Lipinski definition) is 3. The molecule has 0 unspecified atom stereocenters. The largest absolute Gasteiger partial charge is 0.398 e. The number of aryl methyl sites for hydroxylation is 1. The second-order valence-electron chi connectivity index (χ2n) is 6.93. The average molecular weight is 287 g/mol. The van der Waals surface area contributed by atoms with Crippen LogP contribution in [-0.4, -0.2) is 42.5 Å². The fraction of sp³-hybridized carbons (Fsp3) is 0.667. The predicted molar refractivity (Wildman–Crippen MR) is 89.3 cm³/mol. The van der Waals surface area contributed by atoms with Gasteiger partial charge in [-0.3, -0.25) is 4.90 Å². The second-order valence-corrected chi connectivity index (χ2v) is 6.93. The zero-order valence-corrected chi connectivity index (χ0v) is 13.4. The summed E-state index contributed by atoms with van der Waals surface area (Å²) in [5.74, 6) is 0.911. The number of nitrogen functional groups attached to an aromatic ring is 1. The van der Waals surface area contributed by atoms with Gasteiger partial charge in [-0.2, -0.15) is 0 Å². The maximum atomic E-state index is 6.11. The Bertz CT molecular complexity index is 458.